The molecule has 0 amide bonds. The van der Waals surface area contributed by atoms with Crippen LogP contribution in [0.3, 0.4) is 0 Å². The smallest absolute Gasteiger partial charge is 0.401 e. The Balaban J connectivity index is 1.72. The van der Waals surface area contributed by atoms with Crippen molar-refractivity contribution in [1.82, 2.24) is 20.2 Å². The predicted octanol–water partition coefficient (Wildman–Crippen LogP) is 4.83. The van der Waals surface area contributed by atoms with Crippen LogP contribution in [-0.4, -0.2) is 67.0 Å². The van der Waals surface area contributed by atoms with E-state index in [0.717, 1.165) is 22.2 Å². The summed E-state index contributed by atoms with van der Waals surface area (Å²) in [5.74, 6) is 0.285. The Morgan fingerprint density at radius 1 is 1.20 bits per heavy atom. The van der Waals surface area contributed by atoms with Gasteiger partial charge in [-0.05, 0) is 44.0 Å². The molecule has 0 saturated carbocycles. The van der Waals surface area contributed by atoms with Crippen molar-refractivity contribution in [1.29, 1.82) is 0 Å². The van der Waals surface area contributed by atoms with Gasteiger partial charge in [-0.25, -0.2) is 4.98 Å². The van der Waals surface area contributed by atoms with E-state index in [1.807, 2.05) is 37.3 Å². The average molecular weight is 494 g/mol. The van der Waals surface area contributed by atoms with Crippen molar-refractivity contribution in [2.24, 2.45) is 0 Å². The molecule has 190 valence electrons. The average Bonchev–Trinajstić information content (AvgIpc) is 3.19. The number of pyridine rings is 1. The first-order chi connectivity index (χ1) is 16.8. The third-order valence-electron chi connectivity index (χ3n) is 6.36. The Labute approximate surface area is 202 Å². The SMILES string of the molecule is COc1ncc(NCCNCCCF)cc1C1c2[nH]c3ccccc3c2C[C@@H](C)N1CC(F)(F)F. The normalized spacial score (nSPS) is 18.6. The summed E-state index contributed by atoms with van der Waals surface area (Å²) in [5, 5.41) is 7.41. The molecule has 3 heterocycles. The molecule has 0 saturated heterocycles. The molecule has 4 rings (SSSR count). The van der Waals surface area contributed by atoms with Gasteiger partial charge in [-0.3, -0.25) is 9.29 Å². The largest absolute Gasteiger partial charge is 0.481 e. The molecule has 1 aliphatic heterocycles. The van der Waals surface area contributed by atoms with Gasteiger partial charge < -0.3 is 20.4 Å². The number of fused-ring (bicyclic) bond motifs is 3. The fourth-order valence-corrected chi connectivity index (χ4v) is 4.84. The van der Waals surface area contributed by atoms with E-state index < -0.39 is 18.8 Å². The van der Waals surface area contributed by atoms with Crippen molar-refractivity contribution in [2.75, 3.05) is 45.3 Å². The zero-order chi connectivity index (χ0) is 25.0. The Morgan fingerprint density at radius 3 is 2.74 bits per heavy atom. The van der Waals surface area contributed by atoms with E-state index in [0.29, 0.717) is 43.7 Å². The molecule has 1 aromatic carbocycles. The van der Waals surface area contributed by atoms with Gasteiger partial charge in [0.05, 0.1) is 38.3 Å². The van der Waals surface area contributed by atoms with Crippen LogP contribution in [0.1, 0.15) is 36.2 Å². The number of nitrogens with one attached hydrogen (secondary N) is 3. The summed E-state index contributed by atoms with van der Waals surface area (Å²) >= 11 is 0. The highest BCUT2D eigenvalue weighted by atomic mass is 19.4. The predicted molar refractivity (Wildman–Crippen MR) is 129 cm³/mol. The first-order valence-electron chi connectivity index (χ1n) is 11.8. The van der Waals surface area contributed by atoms with Crippen LogP contribution in [0.25, 0.3) is 10.9 Å². The minimum Gasteiger partial charge on any atom is -0.481 e. The van der Waals surface area contributed by atoms with Crippen molar-refractivity contribution in [2.45, 2.75) is 38.0 Å². The Morgan fingerprint density at radius 2 is 2.00 bits per heavy atom. The van der Waals surface area contributed by atoms with Crippen LogP contribution >= 0.6 is 0 Å². The Bertz CT molecular complexity index is 1130. The summed E-state index contributed by atoms with van der Waals surface area (Å²) in [6, 6.07) is 8.53. The topological polar surface area (TPSA) is 65.2 Å². The zero-order valence-electron chi connectivity index (χ0n) is 19.9. The molecule has 10 heteroatoms. The van der Waals surface area contributed by atoms with E-state index in [1.54, 1.807) is 6.20 Å². The molecule has 6 nitrogen and oxygen atoms in total. The third-order valence-corrected chi connectivity index (χ3v) is 6.36. The summed E-state index contributed by atoms with van der Waals surface area (Å²) in [7, 11) is 1.47. The second-order valence-electron chi connectivity index (χ2n) is 8.85. The fourth-order valence-electron chi connectivity index (χ4n) is 4.84. The number of methoxy groups -OCH3 is 1. The molecular formula is C25H31F4N5O. The number of nitrogens with zero attached hydrogens (tertiary/aromatic N) is 2. The van der Waals surface area contributed by atoms with E-state index in [2.05, 4.69) is 20.6 Å². The number of hydrogen-bond donors (Lipinski definition) is 3. The van der Waals surface area contributed by atoms with Gasteiger partial charge in [-0.2, -0.15) is 13.2 Å². The summed E-state index contributed by atoms with van der Waals surface area (Å²) in [6.45, 7) is 2.18. The number of hydrogen-bond acceptors (Lipinski definition) is 5. The maximum absolute atomic E-state index is 13.7. The van der Waals surface area contributed by atoms with Gasteiger partial charge in [0, 0.05) is 41.3 Å². The van der Waals surface area contributed by atoms with Gasteiger partial charge in [0.25, 0.3) is 0 Å². The molecule has 2 atom stereocenters. The number of anilines is 1. The molecule has 1 unspecified atom stereocenters. The van der Waals surface area contributed by atoms with E-state index in [1.165, 1.54) is 12.0 Å². The highest BCUT2D eigenvalue weighted by Crippen LogP contribution is 2.44. The highest BCUT2D eigenvalue weighted by molar-refractivity contribution is 5.85. The summed E-state index contributed by atoms with van der Waals surface area (Å²) in [5.41, 5.74) is 3.89. The minimum atomic E-state index is -4.36. The number of benzene rings is 1. The monoisotopic (exact) mass is 493 g/mol. The number of alkyl halides is 4. The quantitative estimate of drug-likeness (QED) is 0.279. The van der Waals surface area contributed by atoms with E-state index in [-0.39, 0.29) is 18.6 Å². The van der Waals surface area contributed by atoms with E-state index in [4.69, 9.17) is 4.74 Å². The molecule has 35 heavy (non-hydrogen) atoms. The molecule has 0 spiro atoms. The van der Waals surface area contributed by atoms with Crippen LogP contribution in [0.2, 0.25) is 0 Å². The van der Waals surface area contributed by atoms with Crippen LogP contribution < -0.4 is 15.4 Å². The second kappa shape index (κ2) is 10.8. The van der Waals surface area contributed by atoms with E-state index in [9.17, 15) is 17.6 Å². The number of rotatable bonds is 10. The first kappa shape index (κ1) is 25.2. The van der Waals surface area contributed by atoms with E-state index >= 15 is 0 Å². The third kappa shape index (κ3) is 5.70. The van der Waals surface area contributed by atoms with Gasteiger partial charge >= 0.3 is 6.18 Å². The summed E-state index contributed by atoms with van der Waals surface area (Å²) in [6.07, 6.45) is -1.80. The first-order valence-corrected chi connectivity index (χ1v) is 11.8. The fraction of sp³-hybridized carbons (Fsp3) is 0.480. The standard InChI is InChI=1S/C25H31F4N5O/c1-16-12-19-18-6-3-4-7-21(18)33-22(19)23(34(16)15-25(27,28)29)20-13-17(14-32-24(20)35-2)31-11-10-30-9-5-8-26/h3-4,6-7,13-14,16,23,30-31,33H,5,8-12,15H2,1-2H3/t16-,23?/m1/s1. The number of aromatic amines is 1. The molecule has 1 aliphatic rings. The van der Waals surface area contributed by atoms with Crippen molar-refractivity contribution in [3.8, 4) is 5.88 Å². The van der Waals surface area contributed by atoms with Gasteiger partial charge in [0.2, 0.25) is 5.88 Å². The minimum absolute atomic E-state index is 0.285. The van der Waals surface area contributed by atoms with Crippen molar-refractivity contribution in [3.05, 3.63) is 53.3 Å². The van der Waals surface area contributed by atoms with Crippen LogP contribution in [0.5, 0.6) is 5.88 Å². The maximum Gasteiger partial charge on any atom is 0.401 e. The molecule has 0 bridgehead atoms. The van der Waals surface area contributed by atoms with Crippen LogP contribution in [-0.2, 0) is 6.42 Å². The highest BCUT2D eigenvalue weighted by Gasteiger charge is 2.43. The second-order valence-corrected chi connectivity index (χ2v) is 8.85. The number of para-hydroxylation sites is 1. The van der Waals surface area contributed by atoms with Crippen molar-refractivity contribution >= 4 is 16.6 Å². The Hall–Kier alpha value is -2.85. The molecular weight excluding hydrogens is 462 g/mol. The van der Waals surface area contributed by atoms with Gasteiger partial charge in [-0.1, -0.05) is 18.2 Å². The summed E-state index contributed by atoms with van der Waals surface area (Å²) < 4.78 is 58.9. The number of aromatic nitrogens is 2. The lowest BCUT2D eigenvalue weighted by Gasteiger charge is -2.41. The lowest BCUT2D eigenvalue weighted by molar-refractivity contribution is -0.155. The van der Waals surface area contributed by atoms with Gasteiger partial charge in [-0.15, -0.1) is 0 Å². The number of ether oxygens (including phenoxy) is 1. The van der Waals surface area contributed by atoms with Crippen molar-refractivity contribution in [3.63, 3.8) is 0 Å². The molecule has 3 N–H and O–H groups in total. The molecule has 0 aliphatic carbocycles. The van der Waals surface area contributed by atoms with Crippen LogP contribution in [0.4, 0.5) is 23.2 Å². The molecule has 3 aromatic rings. The van der Waals surface area contributed by atoms with Gasteiger partial charge in [0.15, 0.2) is 0 Å². The lowest BCUT2D eigenvalue weighted by atomic mass is 9.88. The molecule has 0 radical (unpaired) electrons. The number of H-pyrrole nitrogens is 1. The summed E-state index contributed by atoms with van der Waals surface area (Å²) in [4.78, 5) is 9.27. The molecule has 0 fully saturated rings. The van der Waals surface area contributed by atoms with Crippen LogP contribution in [0.15, 0.2) is 36.5 Å². The Kier molecular flexibility index (Phi) is 7.81. The van der Waals surface area contributed by atoms with Crippen LogP contribution in [0, 0.1) is 0 Å². The van der Waals surface area contributed by atoms with Gasteiger partial charge in [0.1, 0.15) is 0 Å². The lowest BCUT2D eigenvalue weighted by Crippen LogP contribution is -2.47. The molecule has 2 aromatic heterocycles. The zero-order valence-corrected chi connectivity index (χ0v) is 19.9. The van der Waals surface area contributed by atoms with Crippen molar-refractivity contribution < 1.29 is 22.3 Å². The maximum atomic E-state index is 13.7. The number of halogens is 4.